The van der Waals surface area contributed by atoms with Crippen LogP contribution >= 0.6 is 11.3 Å². The summed E-state index contributed by atoms with van der Waals surface area (Å²) in [4.78, 5) is 16.0. The van der Waals surface area contributed by atoms with E-state index in [0.29, 0.717) is 23.8 Å². The predicted molar refractivity (Wildman–Crippen MR) is 84.9 cm³/mol. The lowest BCUT2D eigenvalue weighted by atomic mass is 10.4. The van der Waals surface area contributed by atoms with Crippen molar-refractivity contribution in [1.29, 1.82) is 0 Å². The standard InChI is InChI=1S/C13H23N3O3S2/c1-4-7-14-13(17)11-10-20-12(15-11)9-16(8-5-2)21(18,19)6-3/h10H,4-9H2,1-3H3,(H,14,17). The molecule has 0 saturated heterocycles. The van der Waals surface area contributed by atoms with Gasteiger partial charge < -0.3 is 5.32 Å². The number of nitrogens with one attached hydrogen (secondary N) is 1. The van der Waals surface area contributed by atoms with Crippen molar-refractivity contribution in [2.24, 2.45) is 0 Å². The van der Waals surface area contributed by atoms with Crippen molar-refractivity contribution in [2.45, 2.75) is 40.2 Å². The van der Waals surface area contributed by atoms with E-state index in [1.165, 1.54) is 15.6 Å². The van der Waals surface area contributed by atoms with Gasteiger partial charge in [0.1, 0.15) is 10.7 Å². The van der Waals surface area contributed by atoms with Gasteiger partial charge in [-0.05, 0) is 19.8 Å². The Morgan fingerprint density at radius 2 is 2.05 bits per heavy atom. The maximum absolute atomic E-state index is 12.0. The molecule has 0 aliphatic heterocycles. The van der Waals surface area contributed by atoms with Crippen LogP contribution in [-0.2, 0) is 16.6 Å². The zero-order chi connectivity index (χ0) is 15.9. The molecule has 8 heteroatoms. The number of thiazole rings is 1. The highest BCUT2D eigenvalue weighted by atomic mass is 32.2. The highest BCUT2D eigenvalue weighted by molar-refractivity contribution is 7.89. The highest BCUT2D eigenvalue weighted by Gasteiger charge is 2.21. The van der Waals surface area contributed by atoms with E-state index in [9.17, 15) is 13.2 Å². The molecule has 0 radical (unpaired) electrons. The summed E-state index contributed by atoms with van der Waals surface area (Å²) < 4.78 is 25.4. The molecule has 0 fully saturated rings. The van der Waals surface area contributed by atoms with Crippen molar-refractivity contribution >= 4 is 27.3 Å². The Labute approximate surface area is 130 Å². The number of amides is 1. The summed E-state index contributed by atoms with van der Waals surface area (Å²) in [7, 11) is -3.25. The van der Waals surface area contributed by atoms with E-state index < -0.39 is 10.0 Å². The fourth-order valence-corrected chi connectivity index (χ4v) is 3.73. The monoisotopic (exact) mass is 333 g/mol. The molecule has 120 valence electrons. The molecule has 1 N–H and O–H groups in total. The molecular weight excluding hydrogens is 310 g/mol. The van der Waals surface area contributed by atoms with Gasteiger partial charge in [-0.15, -0.1) is 11.3 Å². The summed E-state index contributed by atoms with van der Waals surface area (Å²) in [6, 6.07) is 0. The molecule has 0 unspecified atom stereocenters. The van der Waals surface area contributed by atoms with Gasteiger partial charge in [-0.1, -0.05) is 13.8 Å². The summed E-state index contributed by atoms with van der Waals surface area (Å²) in [6.07, 6.45) is 1.61. The Bertz CT molecular complexity index is 555. The van der Waals surface area contributed by atoms with Crippen molar-refractivity contribution in [3.63, 3.8) is 0 Å². The fraction of sp³-hybridized carbons (Fsp3) is 0.692. The number of hydrogen-bond acceptors (Lipinski definition) is 5. The minimum Gasteiger partial charge on any atom is -0.351 e. The first-order valence-electron chi connectivity index (χ1n) is 7.15. The van der Waals surface area contributed by atoms with E-state index in [1.54, 1.807) is 12.3 Å². The fourth-order valence-electron chi connectivity index (χ4n) is 1.72. The number of nitrogens with zero attached hydrogens (tertiary/aromatic N) is 2. The molecule has 1 heterocycles. The molecule has 0 saturated carbocycles. The molecular formula is C13H23N3O3S2. The second kappa shape index (κ2) is 8.45. The molecule has 1 rings (SSSR count). The molecule has 0 aliphatic rings. The van der Waals surface area contributed by atoms with Crippen molar-refractivity contribution in [3.05, 3.63) is 16.1 Å². The van der Waals surface area contributed by atoms with Crippen molar-refractivity contribution < 1.29 is 13.2 Å². The zero-order valence-corrected chi connectivity index (χ0v) is 14.4. The predicted octanol–water partition coefficient (Wildman–Crippen LogP) is 1.84. The average molecular weight is 333 g/mol. The third kappa shape index (κ3) is 5.37. The van der Waals surface area contributed by atoms with E-state index in [4.69, 9.17) is 0 Å². The summed E-state index contributed by atoms with van der Waals surface area (Å²) >= 11 is 1.31. The van der Waals surface area contributed by atoms with Gasteiger partial charge in [-0.3, -0.25) is 4.79 Å². The van der Waals surface area contributed by atoms with Crippen LogP contribution in [0.25, 0.3) is 0 Å². The molecule has 0 spiro atoms. The van der Waals surface area contributed by atoms with Crippen LogP contribution in [0.3, 0.4) is 0 Å². The van der Waals surface area contributed by atoms with Gasteiger partial charge in [0.25, 0.3) is 5.91 Å². The molecule has 1 amide bonds. The van der Waals surface area contributed by atoms with Gasteiger partial charge in [0.15, 0.2) is 0 Å². The van der Waals surface area contributed by atoms with Crippen LogP contribution in [0.4, 0.5) is 0 Å². The van der Waals surface area contributed by atoms with E-state index >= 15 is 0 Å². The Balaban J connectivity index is 2.78. The van der Waals surface area contributed by atoms with Crippen LogP contribution in [0.15, 0.2) is 5.38 Å². The normalized spacial score (nSPS) is 11.8. The molecule has 21 heavy (non-hydrogen) atoms. The highest BCUT2D eigenvalue weighted by Crippen LogP contribution is 2.15. The topological polar surface area (TPSA) is 79.4 Å². The Hall–Kier alpha value is -0.990. The van der Waals surface area contributed by atoms with Crippen molar-refractivity contribution in [3.8, 4) is 0 Å². The van der Waals surface area contributed by atoms with Gasteiger partial charge in [-0.25, -0.2) is 13.4 Å². The quantitative estimate of drug-likeness (QED) is 0.748. The van der Waals surface area contributed by atoms with Crippen molar-refractivity contribution in [1.82, 2.24) is 14.6 Å². The smallest absolute Gasteiger partial charge is 0.270 e. The second-order valence-electron chi connectivity index (χ2n) is 4.62. The zero-order valence-electron chi connectivity index (χ0n) is 12.8. The molecule has 0 bridgehead atoms. The minimum absolute atomic E-state index is 0.0716. The first kappa shape index (κ1) is 18.1. The lowest BCUT2D eigenvalue weighted by Crippen LogP contribution is -2.32. The van der Waals surface area contributed by atoms with E-state index in [1.807, 2.05) is 13.8 Å². The van der Waals surface area contributed by atoms with Crippen LogP contribution in [0, 0.1) is 0 Å². The second-order valence-corrected chi connectivity index (χ2v) is 7.82. The molecule has 0 atom stereocenters. The van der Waals surface area contributed by atoms with E-state index in [-0.39, 0.29) is 18.2 Å². The first-order chi connectivity index (χ1) is 9.94. The van der Waals surface area contributed by atoms with E-state index in [0.717, 1.165) is 12.8 Å². The van der Waals surface area contributed by atoms with Gasteiger partial charge in [0.2, 0.25) is 10.0 Å². The van der Waals surface area contributed by atoms with Crippen LogP contribution in [-0.4, -0.2) is 42.5 Å². The van der Waals surface area contributed by atoms with Crippen LogP contribution in [0.5, 0.6) is 0 Å². The number of carbonyl (C=O) groups excluding carboxylic acids is 1. The molecule has 0 aliphatic carbocycles. The Morgan fingerprint density at radius 1 is 1.33 bits per heavy atom. The lowest BCUT2D eigenvalue weighted by molar-refractivity contribution is 0.0949. The van der Waals surface area contributed by atoms with Gasteiger partial charge in [-0.2, -0.15) is 4.31 Å². The number of hydrogen-bond donors (Lipinski definition) is 1. The lowest BCUT2D eigenvalue weighted by Gasteiger charge is -2.19. The van der Waals surface area contributed by atoms with Crippen LogP contribution in [0.1, 0.15) is 49.1 Å². The maximum atomic E-state index is 12.0. The van der Waals surface area contributed by atoms with Gasteiger partial charge >= 0.3 is 0 Å². The van der Waals surface area contributed by atoms with Crippen LogP contribution < -0.4 is 5.32 Å². The first-order valence-corrected chi connectivity index (χ1v) is 9.63. The number of aromatic nitrogens is 1. The molecule has 1 aromatic heterocycles. The number of rotatable bonds is 9. The number of carbonyl (C=O) groups is 1. The van der Waals surface area contributed by atoms with Gasteiger partial charge in [0.05, 0.1) is 12.3 Å². The summed E-state index contributed by atoms with van der Waals surface area (Å²) in [6.45, 7) is 6.85. The Kier molecular flexibility index (Phi) is 7.27. The maximum Gasteiger partial charge on any atom is 0.270 e. The average Bonchev–Trinajstić information content (AvgIpc) is 2.93. The minimum atomic E-state index is -3.25. The molecule has 1 aromatic rings. The SMILES string of the molecule is CCCNC(=O)c1csc(CN(CCC)S(=O)(=O)CC)n1. The Morgan fingerprint density at radius 3 is 2.62 bits per heavy atom. The number of sulfonamides is 1. The summed E-state index contributed by atoms with van der Waals surface area (Å²) in [5, 5.41) is 5.07. The molecule has 6 nitrogen and oxygen atoms in total. The summed E-state index contributed by atoms with van der Waals surface area (Å²) in [5.74, 6) is -0.137. The largest absolute Gasteiger partial charge is 0.351 e. The third-order valence-electron chi connectivity index (χ3n) is 2.86. The van der Waals surface area contributed by atoms with Crippen molar-refractivity contribution in [2.75, 3.05) is 18.8 Å². The third-order valence-corrected chi connectivity index (χ3v) is 5.52. The summed E-state index contributed by atoms with van der Waals surface area (Å²) in [5.41, 5.74) is 0.355. The molecule has 0 aromatic carbocycles. The van der Waals surface area contributed by atoms with E-state index in [2.05, 4.69) is 10.3 Å². The van der Waals surface area contributed by atoms with Gasteiger partial charge in [0, 0.05) is 18.5 Å². The van der Waals surface area contributed by atoms with Crippen LogP contribution in [0.2, 0.25) is 0 Å².